The van der Waals surface area contributed by atoms with Crippen molar-refractivity contribution in [3.05, 3.63) is 28.8 Å². The summed E-state index contributed by atoms with van der Waals surface area (Å²) in [5.74, 6) is 7.63. The molecule has 1 unspecified atom stereocenters. The van der Waals surface area contributed by atoms with Crippen molar-refractivity contribution in [3.8, 4) is 5.75 Å². The van der Waals surface area contributed by atoms with Gasteiger partial charge < -0.3 is 9.47 Å². The van der Waals surface area contributed by atoms with Gasteiger partial charge >= 0.3 is 0 Å². The van der Waals surface area contributed by atoms with Crippen LogP contribution in [0.1, 0.15) is 108 Å². The minimum absolute atomic E-state index is 0.0504. The van der Waals surface area contributed by atoms with Crippen LogP contribution in [-0.2, 0) is 15.6 Å². The zero-order valence-electron chi connectivity index (χ0n) is 22.4. The van der Waals surface area contributed by atoms with Gasteiger partial charge in [-0.15, -0.1) is 0 Å². The van der Waals surface area contributed by atoms with Gasteiger partial charge in [-0.25, -0.2) is 0 Å². The van der Waals surface area contributed by atoms with Crippen LogP contribution in [0.2, 0.25) is 0 Å². The molecule has 35 heavy (non-hydrogen) atoms. The largest absolute Gasteiger partial charge is 0.490 e. The molecular formula is C33H46O2. The van der Waals surface area contributed by atoms with Gasteiger partial charge in [-0.2, -0.15) is 0 Å². The second-order valence-corrected chi connectivity index (χ2v) is 15.3. The maximum absolute atomic E-state index is 6.85. The van der Waals surface area contributed by atoms with Crippen molar-refractivity contribution in [1.82, 2.24) is 0 Å². The Labute approximate surface area is 212 Å². The molecule has 0 spiro atoms. The van der Waals surface area contributed by atoms with Gasteiger partial charge in [0.25, 0.3) is 0 Å². The summed E-state index contributed by atoms with van der Waals surface area (Å²) in [6.45, 7) is 8.69. The van der Waals surface area contributed by atoms with Crippen LogP contribution < -0.4 is 4.74 Å². The average Bonchev–Trinajstić information content (AvgIpc) is 3.57. The highest BCUT2D eigenvalue weighted by molar-refractivity contribution is 5.53. The summed E-state index contributed by atoms with van der Waals surface area (Å²) in [7, 11) is 0. The van der Waals surface area contributed by atoms with E-state index in [0.29, 0.717) is 16.7 Å². The average molecular weight is 475 g/mol. The first-order valence-corrected chi connectivity index (χ1v) is 15.3. The normalized spacial score (nSPS) is 48.7. The SMILES string of the molecule is Cc1c(C23CC4CC(CC(C4)C2)C3)ccc(OCC2(C(C)C)CO2)c1C12CC3CC(CC(C3)C1)C2. The molecule has 2 nitrogen and oxygen atoms in total. The molecule has 0 amide bonds. The Morgan fingerprint density at radius 3 is 1.66 bits per heavy atom. The monoisotopic (exact) mass is 474 g/mol. The predicted molar refractivity (Wildman–Crippen MR) is 140 cm³/mol. The summed E-state index contributed by atoms with van der Waals surface area (Å²) in [5.41, 5.74) is 5.86. The van der Waals surface area contributed by atoms with Crippen LogP contribution in [0.25, 0.3) is 0 Å². The molecule has 9 aliphatic rings. The first kappa shape index (κ1) is 22.0. The van der Waals surface area contributed by atoms with Gasteiger partial charge in [0.2, 0.25) is 0 Å². The Hall–Kier alpha value is -1.02. The zero-order valence-corrected chi connectivity index (χ0v) is 22.4. The highest BCUT2D eigenvalue weighted by Crippen LogP contribution is 2.65. The molecule has 1 heterocycles. The van der Waals surface area contributed by atoms with Crippen molar-refractivity contribution in [2.24, 2.45) is 41.4 Å². The molecule has 2 heteroatoms. The molecule has 1 atom stereocenters. The van der Waals surface area contributed by atoms with E-state index in [9.17, 15) is 0 Å². The van der Waals surface area contributed by atoms with Gasteiger partial charge in [0, 0.05) is 11.0 Å². The van der Waals surface area contributed by atoms with Crippen LogP contribution in [0.3, 0.4) is 0 Å². The summed E-state index contributed by atoms with van der Waals surface area (Å²) >= 11 is 0. The Bertz CT molecular complexity index is 959. The fourth-order valence-corrected chi connectivity index (χ4v) is 11.8. The van der Waals surface area contributed by atoms with E-state index in [2.05, 4.69) is 32.9 Å². The molecule has 1 aromatic rings. The van der Waals surface area contributed by atoms with Crippen molar-refractivity contribution in [2.75, 3.05) is 13.2 Å². The lowest BCUT2D eigenvalue weighted by atomic mass is 9.46. The van der Waals surface area contributed by atoms with Gasteiger partial charge in [0.15, 0.2) is 0 Å². The lowest BCUT2D eigenvalue weighted by molar-refractivity contribution is -0.00999. The summed E-state index contributed by atoms with van der Waals surface area (Å²) in [6, 6.07) is 5.00. The van der Waals surface area contributed by atoms with Crippen LogP contribution in [0.15, 0.2) is 12.1 Å². The molecule has 1 saturated heterocycles. The van der Waals surface area contributed by atoms with Crippen LogP contribution in [-0.4, -0.2) is 18.8 Å². The molecule has 0 radical (unpaired) electrons. The fraction of sp³-hybridized carbons (Fsp3) is 0.818. The fourth-order valence-electron chi connectivity index (χ4n) is 11.8. The van der Waals surface area contributed by atoms with Gasteiger partial charge in [0.1, 0.15) is 18.0 Å². The third kappa shape index (κ3) is 3.23. The number of hydrogen-bond acceptors (Lipinski definition) is 2. The summed E-state index contributed by atoms with van der Waals surface area (Å²) in [4.78, 5) is 0. The molecule has 8 saturated carbocycles. The van der Waals surface area contributed by atoms with Crippen molar-refractivity contribution in [3.63, 3.8) is 0 Å². The van der Waals surface area contributed by atoms with E-state index in [1.165, 1.54) is 82.8 Å². The minimum Gasteiger partial charge on any atom is -0.490 e. The molecule has 190 valence electrons. The quantitative estimate of drug-likeness (QED) is 0.393. The van der Waals surface area contributed by atoms with E-state index < -0.39 is 0 Å². The molecule has 0 aromatic heterocycles. The lowest BCUT2D eigenvalue weighted by Crippen LogP contribution is -2.50. The predicted octanol–water partition coefficient (Wildman–Crippen LogP) is 7.73. The molecule has 10 rings (SSSR count). The summed E-state index contributed by atoms with van der Waals surface area (Å²) in [6.07, 6.45) is 17.8. The molecule has 1 aromatic carbocycles. The molecule has 9 fully saturated rings. The van der Waals surface area contributed by atoms with E-state index in [1.54, 1.807) is 16.7 Å². The first-order valence-electron chi connectivity index (χ1n) is 15.3. The van der Waals surface area contributed by atoms with Gasteiger partial charge in [0.05, 0.1) is 6.61 Å². The van der Waals surface area contributed by atoms with Gasteiger partial charge in [-0.3, -0.25) is 0 Å². The van der Waals surface area contributed by atoms with E-state index >= 15 is 0 Å². The standard InChI is InChI=1S/C33H46O2/c1-20(2)33(19-35-33)18-34-29-5-4-28(31-12-22-6-23(13-31)8-24(7-22)14-31)21(3)30(29)32-15-25-9-26(16-32)11-27(10-25)17-32/h4-5,20,22-27H,6-19H2,1-3H3. The lowest BCUT2D eigenvalue weighted by Gasteiger charge is -2.59. The smallest absolute Gasteiger partial charge is 0.128 e. The maximum atomic E-state index is 6.85. The number of hydrogen-bond donors (Lipinski definition) is 0. The van der Waals surface area contributed by atoms with E-state index in [-0.39, 0.29) is 5.60 Å². The van der Waals surface area contributed by atoms with Crippen molar-refractivity contribution >= 4 is 0 Å². The Morgan fingerprint density at radius 1 is 0.771 bits per heavy atom. The second-order valence-electron chi connectivity index (χ2n) is 15.3. The van der Waals surface area contributed by atoms with Crippen LogP contribution in [0.4, 0.5) is 0 Å². The molecular weight excluding hydrogens is 428 g/mol. The zero-order chi connectivity index (χ0) is 23.6. The third-order valence-corrected chi connectivity index (χ3v) is 12.6. The first-order chi connectivity index (χ1) is 16.9. The van der Waals surface area contributed by atoms with E-state index in [4.69, 9.17) is 9.47 Å². The maximum Gasteiger partial charge on any atom is 0.128 e. The highest BCUT2D eigenvalue weighted by atomic mass is 16.6. The van der Waals surface area contributed by atoms with Crippen molar-refractivity contribution < 1.29 is 9.47 Å². The van der Waals surface area contributed by atoms with E-state index in [0.717, 1.165) is 48.7 Å². The molecule has 1 aliphatic heterocycles. The minimum atomic E-state index is -0.0504. The summed E-state index contributed by atoms with van der Waals surface area (Å²) in [5, 5.41) is 0. The molecule has 8 aliphatic carbocycles. The van der Waals surface area contributed by atoms with Crippen molar-refractivity contribution in [2.45, 2.75) is 114 Å². The van der Waals surface area contributed by atoms with E-state index in [1.807, 2.05) is 0 Å². The van der Waals surface area contributed by atoms with Crippen LogP contribution in [0.5, 0.6) is 5.75 Å². The highest BCUT2D eigenvalue weighted by Gasteiger charge is 2.56. The van der Waals surface area contributed by atoms with Crippen LogP contribution in [0, 0.1) is 48.3 Å². The van der Waals surface area contributed by atoms with Gasteiger partial charge in [-0.05, 0) is 148 Å². The third-order valence-electron chi connectivity index (χ3n) is 12.6. The summed E-state index contributed by atoms with van der Waals surface area (Å²) < 4.78 is 12.8. The Kier molecular flexibility index (Phi) is 4.59. The van der Waals surface area contributed by atoms with Gasteiger partial charge in [-0.1, -0.05) is 19.9 Å². The second kappa shape index (κ2) is 7.30. The topological polar surface area (TPSA) is 21.8 Å². The number of epoxide rings is 1. The molecule has 0 N–H and O–H groups in total. The van der Waals surface area contributed by atoms with Crippen molar-refractivity contribution in [1.29, 1.82) is 0 Å². The molecule has 8 bridgehead atoms. The Morgan fingerprint density at radius 2 is 1.23 bits per heavy atom. The number of ether oxygens (including phenoxy) is 2. The number of rotatable bonds is 6. The number of benzene rings is 1. The Balaban J connectivity index is 1.23. The van der Waals surface area contributed by atoms with Crippen LogP contribution >= 0.6 is 0 Å².